The lowest BCUT2D eigenvalue weighted by Gasteiger charge is -2.31. The second kappa shape index (κ2) is 6.33. The van der Waals surface area contributed by atoms with Crippen LogP contribution in [0.3, 0.4) is 0 Å². The lowest BCUT2D eigenvalue weighted by molar-refractivity contribution is 0.318. The molecule has 0 amide bonds. The average molecular weight is 297 g/mol. The molecule has 110 valence electrons. The summed E-state index contributed by atoms with van der Waals surface area (Å²) in [5, 5.41) is 12.3. The van der Waals surface area contributed by atoms with Crippen molar-refractivity contribution in [2.75, 3.05) is 31.6 Å². The Morgan fingerprint density at radius 2 is 2.20 bits per heavy atom. The molecular formula is C14H21ClN4O. The number of nitrogens with two attached hydrogens (primary N) is 1. The molecule has 0 spiro atoms. The van der Waals surface area contributed by atoms with Crippen molar-refractivity contribution < 1.29 is 5.21 Å². The fraction of sp³-hybridized carbons (Fsp3) is 0.500. The Balaban J connectivity index is 2.28. The first kappa shape index (κ1) is 14.9. The number of amidine groups is 1. The van der Waals surface area contributed by atoms with E-state index in [9.17, 15) is 0 Å². The average Bonchev–Trinajstić information content (AvgIpc) is 2.58. The first-order valence-electron chi connectivity index (χ1n) is 6.75. The molecule has 1 unspecified atom stereocenters. The Hall–Kier alpha value is -1.46. The number of rotatable bonds is 2. The molecule has 1 aromatic rings. The van der Waals surface area contributed by atoms with Crippen molar-refractivity contribution in [1.29, 1.82) is 0 Å². The van der Waals surface area contributed by atoms with Gasteiger partial charge >= 0.3 is 0 Å². The van der Waals surface area contributed by atoms with E-state index in [1.54, 1.807) is 6.07 Å². The van der Waals surface area contributed by atoms with Gasteiger partial charge in [-0.1, -0.05) is 16.8 Å². The molecule has 1 aromatic carbocycles. The van der Waals surface area contributed by atoms with Crippen LogP contribution in [0, 0.1) is 0 Å². The van der Waals surface area contributed by atoms with E-state index in [4.69, 9.17) is 22.5 Å². The van der Waals surface area contributed by atoms with Gasteiger partial charge in [-0.05, 0) is 45.1 Å². The molecule has 2 rings (SSSR count). The minimum Gasteiger partial charge on any atom is -0.409 e. The van der Waals surface area contributed by atoms with Crippen LogP contribution in [-0.4, -0.2) is 48.7 Å². The van der Waals surface area contributed by atoms with Crippen molar-refractivity contribution in [3.63, 3.8) is 0 Å². The van der Waals surface area contributed by atoms with Crippen molar-refractivity contribution in [3.05, 3.63) is 28.8 Å². The molecule has 5 nitrogen and oxygen atoms in total. The molecule has 3 N–H and O–H groups in total. The summed E-state index contributed by atoms with van der Waals surface area (Å²) >= 11 is 6.37. The fourth-order valence-electron chi connectivity index (χ4n) is 2.69. The number of benzene rings is 1. The molecule has 0 bridgehead atoms. The fourth-order valence-corrected chi connectivity index (χ4v) is 2.98. The Kier molecular flexibility index (Phi) is 4.73. The predicted molar refractivity (Wildman–Crippen MR) is 82.9 cm³/mol. The Morgan fingerprint density at radius 1 is 1.45 bits per heavy atom. The Labute approximate surface area is 124 Å². The molecule has 0 aliphatic carbocycles. The minimum absolute atomic E-state index is 0.0714. The molecular weight excluding hydrogens is 276 g/mol. The van der Waals surface area contributed by atoms with Crippen LogP contribution < -0.4 is 10.6 Å². The Morgan fingerprint density at radius 3 is 2.85 bits per heavy atom. The van der Waals surface area contributed by atoms with E-state index in [2.05, 4.69) is 28.9 Å². The molecule has 1 aliphatic rings. The second-order valence-electron chi connectivity index (χ2n) is 5.31. The third kappa shape index (κ3) is 3.16. The maximum Gasteiger partial charge on any atom is 0.170 e. The van der Waals surface area contributed by atoms with Crippen molar-refractivity contribution in [2.24, 2.45) is 10.9 Å². The summed E-state index contributed by atoms with van der Waals surface area (Å²) in [6.07, 6.45) is 1.11. The van der Waals surface area contributed by atoms with Crippen molar-refractivity contribution >= 4 is 23.1 Å². The van der Waals surface area contributed by atoms with E-state index in [1.807, 2.05) is 12.1 Å². The van der Waals surface area contributed by atoms with Crippen LogP contribution in [0.2, 0.25) is 5.02 Å². The summed E-state index contributed by atoms with van der Waals surface area (Å²) in [5.41, 5.74) is 7.21. The number of hydrogen-bond donors (Lipinski definition) is 2. The number of likely N-dealkylation sites (N-methyl/N-ethyl adjacent to an activating group) is 1. The number of halogens is 1. The summed E-state index contributed by atoms with van der Waals surface area (Å²) in [5.74, 6) is 0.0714. The molecule has 1 fully saturated rings. The topological polar surface area (TPSA) is 65.1 Å². The zero-order valence-corrected chi connectivity index (χ0v) is 12.6. The SMILES string of the molecule is CC1CN(C)CCCN1c1ccc(/C(N)=N/O)cc1Cl. The zero-order chi connectivity index (χ0) is 14.7. The monoisotopic (exact) mass is 296 g/mol. The standard InChI is InChI=1S/C14H21ClN4O/c1-10-9-18(2)6-3-7-19(10)13-5-4-11(8-12(13)15)14(16)17-20/h4-5,8,10,20H,3,6-7,9H2,1-2H3,(H2,16,17). The first-order chi connectivity index (χ1) is 9.52. The summed E-state index contributed by atoms with van der Waals surface area (Å²) in [7, 11) is 2.14. The number of oxime groups is 1. The molecule has 0 saturated carbocycles. The van der Waals surface area contributed by atoms with Crippen molar-refractivity contribution in [1.82, 2.24) is 4.90 Å². The molecule has 20 heavy (non-hydrogen) atoms. The molecule has 1 heterocycles. The molecule has 0 aromatic heterocycles. The maximum atomic E-state index is 8.71. The van der Waals surface area contributed by atoms with E-state index in [1.165, 1.54) is 0 Å². The van der Waals surface area contributed by atoms with Gasteiger partial charge in [0.15, 0.2) is 5.84 Å². The largest absolute Gasteiger partial charge is 0.409 e. The van der Waals surface area contributed by atoms with Crippen LogP contribution in [0.25, 0.3) is 0 Å². The smallest absolute Gasteiger partial charge is 0.170 e. The van der Waals surface area contributed by atoms with Gasteiger partial charge < -0.3 is 20.7 Å². The van der Waals surface area contributed by atoms with Gasteiger partial charge in [0.05, 0.1) is 10.7 Å². The molecule has 1 atom stereocenters. The van der Waals surface area contributed by atoms with Crippen LogP contribution in [0.5, 0.6) is 0 Å². The number of nitrogens with zero attached hydrogens (tertiary/aromatic N) is 3. The highest BCUT2D eigenvalue weighted by Gasteiger charge is 2.21. The van der Waals surface area contributed by atoms with Gasteiger partial charge in [0, 0.05) is 24.7 Å². The summed E-state index contributed by atoms with van der Waals surface area (Å²) in [6, 6.07) is 5.91. The van der Waals surface area contributed by atoms with Gasteiger partial charge in [-0.3, -0.25) is 0 Å². The van der Waals surface area contributed by atoms with Gasteiger partial charge in [-0.25, -0.2) is 0 Å². The van der Waals surface area contributed by atoms with E-state index in [-0.39, 0.29) is 5.84 Å². The summed E-state index contributed by atoms with van der Waals surface area (Å²) in [6.45, 7) is 5.29. The highest BCUT2D eigenvalue weighted by molar-refractivity contribution is 6.33. The van der Waals surface area contributed by atoms with Crippen LogP contribution in [-0.2, 0) is 0 Å². The minimum atomic E-state index is 0.0714. The van der Waals surface area contributed by atoms with Gasteiger partial charge in [0.25, 0.3) is 0 Å². The van der Waals surface area contributed by atoms with E-state index < -0.39 is 0 Å². The first-order valence-corrected chi connectivity index (χ1v) is 7.13. The Bertz CT molecular complexity index is 506. The van der Waals surface area contributed by atoms with E-state index in [0.29, 0.717) is 16.6 Å². The van der Waals surface area contributed by atoms with Crippen LogP contribution in [0.4, 0.5) is 5.69 Å². The molecule has 1 aliphatic heterocycles. The maximum absolute atomic E-state index is 8.71. The summed E-state index contributed by atoms with van der Waals surface area (Å²) < 4.78 is 0. The van der Waals surface area contributed by atoms with Gasteiger partial charge in [0.2, 0.25) is 0 Å². The highest BCUT2D eigenvalue weighted by atomic mass is 35.5. The normalized spacial score (nSPS) is 21.9. The van der Waals surface area contributed by atoms with Crippen LogP contribution >= 0.6 is 11.6 Å². The van der Waals surface area contributed by atoms with Gasteiger partial charge in [-0.15, -0.1) is 0 Å². The summed E-state index contributed by atoms with van der Waals surface area (Å²) in [4.78, 5) is 4.66. The van der Waals surface area contributed by atoms with Crippen molar-refractivity contribution in [2.45, 2.75) is 19.4 Å². The van der Waals surface area contributed by atoms with Crippen LogP contribution in [0.15, 0.2) is 23.4 Å². The lowest BCUT2D eigenvalue weighted by Crippen LogP contribution is -2.38. The number of hydrogen-bond acceptors (Lipinski definition) is 4. The van der Waals surface area contributed by atoms with E-state index >= 15 is 0 Å². The lowest BCUT2D eigenvalue weighted by atomic mass is 10.1. The highest BCUT2D eigenvalue weighted by Crippen LogP contribution is 2.29. The van der Waals surface area contributed by atoms with Gasteiger partial charge in [0.1, 0.15) is 0 Å². The quantitative estimate of drug-likeness (QED) is 0.379. The third-order valence-electron chi connectivity index (χ3n) is 3.71. The van der Waals surface area contributed by atoms with Gasteiger partial charge in [-0.2, -0.15) is 0 Å². The zero-order valence-electron chi connectivity index (χ0n) is 11.9. The third-order valence-corrected chi connectivity index (χ3v) is 4.01. The van der Waals surface area contributed by atoms with Crippen molar-refractivity contribution in [3.8, 4) is 0 Å². The predicted octanol–water partition coefficient (Wildman–Crippen LogP) is 1.96. The second-order valence-corrected chi connectivity index (χ2v) is 5.72. The van der Waals surface area contributed by atoms with E-state index in [0.717, 1.165) is 31.7 Å². The van der Waals surface area contributed by atoms with Crippen LogP contribution in [0.1, 0.15) is 18.9 Å². The molecule has 0 radical (unpaired) electrons. The molecule has 1 saturated heterocycles. The molecule has 6 heteroatoms. The number of anilines is 1.